The summed E-state index contributed by atoms with van der Waals surface area (Å²) in [4.78, 5) is 15.1. The van der Waals surface area contributed by atoms with Crippen molar-refractivity contribution in [3.63, 3.8) is 0 Å². The number of rotatable bonds is 3. The largest absolute Gasteiger partial charge is 0.460 e. The van der Waals surface area contributed by atoms with Gasteiger partial charge >= 0.3 is 6.01 Å². The summed E-state index contributed by atoms with van der Waals surface area (Å²) in [6.07, 6.45) is 6.88. The molecule has 2 aromatic rings. The number of anilines is 2. The first-order valence-corrected chi connectivity index (χ1v) is 8.61. The fourth-order valence-corrected chi connectivity index (χ4v) is 3.54. The number of aryl methyl sites for hydroxylation is 1. The Morgan fingerprint density at radius 3 is 2.74 bits per heavy atom. The lowest BCUT2D eigenvalue weighted by molar-refractivity contribution is 0.192. The van der Waals surface area contributed by atoms with Crippen LogP contribution >= 0.6 is 11.6 Å². The Labute approximate surface area is 140 Å². The van der Waals surface area contributed by atoms with E-state index < -0.39 is 0 Å². The number of nitrogens with zero attached hydrogens (tertiary/aromatic N) is 4. The number of halogens is 1. The highest BCUT2D eigenvalue weighted by molar-refractivity contribution is 6.28. The number of aromatic nitrogens is 3. The van der Waals surface area contributed by atoms with Crippen LogP contribution in [0.5, 0.6) is 6.01 Å². The molecule has 0 amide bonds. The van der Waals surface area contributed by atoms with E-state index in [0.29, 0.717) is 12.0 Å². The molecule has 0 saturated heterocycles. The van der Waals surface area contributed by atoms with Crippen LogP contribution in [0, 0.1) is 0 Å². The summed E-state index contributed by atoms with van der Waals surface area (Å²) in [6, 6.07) is 8.70. The van der Waals surface area contributed by atoms with Crippen LogP contribution in [-0.2, 0) is 6.42 Å². The SMILES string of the molecule is Clc1nc(OC2CCCC2)nc(N2CCCc3ccccc32)n1. The minimum Gasteiger partial charge on any atom is -0.460 e. The number of hydrogen-bond donors (Lipinski definition) is 0. The summed E-state index contributed by atoms with van der Waals surface area (Å²) in [5.74, 6) is 0.574. The number of fused-ring (bicyclic) bond motifs is 1. The molecular formula is C17H19ClN4O. The highest BCUT2D eigenvalue weighted by atomic mass is 35.5. The topological polar surface area (TPSA) is 51.1 Å². The van der Waals surface area contributed by atoms with Crippen LogP contribution in [-0.4, -0.2) is 27.6 Å². The second-order valence-electron chi connectivity index (χ2n) is 6.10. The van der Waals surface area contributed by atoms with Crippen molar-refractivity contribution in [1.29, 1.82) is 0 Å². The summed E-state index contributed by atoms with van der Waals surface area (Å²) in [5, 5.41) is 0.186. The Balaban J connectivity index is 1.65. The van der Waals surface area contributed by atoms with E-state index in [2.05, 4.69) is 38.1 Å². The standard InChI is InChI=1S/C17H19ClN4O/c18-15-19-16(21-17(20-15)23-13-8-2-3-9-13)22-11-5-7-12-6-1-4-10-14(12)22/h1,4,6,10,13H,2-3,5,7-9,11H2. The van der Waals surface area contributed by atoms with E-state index in [1.165, 1.54) is 18.4 Å². The van der Waals surface area contributed by atoms with Crippen molar-refractivity contribution in [3.8, 4) is 6.01 Å². The third kappa shape index (κ3) is 3.11. The van der Waals surface area contributed by atoms with Crippen molar-refractivity contribution >= 4 is 23.2 Å². The van der Waals surface area contributed by atoms with Gasteiger partial charge in [-0.1, -0.05) is 18.2 Å². The second kappa shape index (κ2) is 6.32. The zero-order valence-corrected chi connectivity index (χ0v) is 13.7. The molecule has 23 heavy (non-hydrogen) atoms. The van der Waals surface area contributed by atoms with Gasteiger partial charge in [-0.25, -0.2) is 0 Å². The van der Waals surface area contributed by atoms with Crippen LogP contribution in [0.4, 0.5) is 11.6 Å². The van der Waals surface area contributed by atoms with Gasteiger partial charge in [0.05, 0.1) is 0 Å². The second-order valence-corrected chi connectivity index (χ2v) is 6.43. The average molecular weight is 331 g/mol. The lowest BCUT2D eigenvalue weighted by Crippen LogP contribution is -2.27. The molecule has 0 unspecified atom stereocenters. The molecule has 1 aromatic carbocycles. The van der Waals surface area contributed by atoms with Crippen molar-refractivity contribution in [3.05, 3.63) is 35.1 Å². The molecule has 1 aliphatic carbocycles. The average Bonchev–Trinajstić information content (AvgIpc) is 3.06. The Kier molecular flexibility index (Phi) is 4.04. The van der Waals surface area contributed by atoms with Gasteiger partial charge < -0.3 is 9.64 Å². The first-order valence-electron chi connectivity index (χ1n) is 8.23. The molecule has 1 aliphatic heterocycles. The van der Waals surface area contributed by atoms with Crippen molar-refractivity contribution in [2.75, 3.05) is 11.4 Å². The molecule has 6 heteroatoms. The maximum atomic E-state index is 6.11. The number of benzene rings is 1. The molecule has 4 rings (SSSR count). The minimum absolute atomic E-state index is 0.186. The molecule has 0 spiro atoms. The quantitative estimate of drug-likeness (QED) is 0.853. The van der Waals surface area contributed by atoms with Gasteiger partial charge in [-0.05, 0) is 61.8 Å². The highest BCUT2D eigenvalue weighted by Crippen LogP contribution is 2.32. The van der Waals surface area contributed by atoms with Crippen LogP contribution in [0.15, 0.2) is 24.3 Å². The molecule has 1 aromatic heterocycles. The molecule has 1 fully saturated rings. The lowest BCUT2D eigenvalue weighted by Gasteiger charge is -2.29. The maximum absolute atomic E-state index is 6.11. The van der Waals surface area contributed by atoms with Gasteiger partial charge in [0.2, 0.25) is 11.2 Å². The normalized spacial score (nSPS) is 18.0. The maximum Gasteiger partial charge on any atom is 0.322 e. The molecule has 0 bridgehead atoms. The van der Waals surface area contributed by atoms with Gasteiger partial charge in [0.1, 0.15) is 6.10 Å². The fraction of sp³-hybridized carbons (Fsp3) is 0.471. The van der Waals surface area contributed by atoms with E-state index in [9.17, 15) is 0 Å². The molecule has 2 aliphatic rings. The molecule has 1 saturated carbocycles. The van der Waals surface area contributed by atoms with E-state index in [-0.39, 0.29) is 11.4 Å². The number of para-hydroxylation sites is 1. The first-order chi connectivity index (χ1) is 11.3. The van der Waals surface area contributed by atoms with Gasteiger partial charge in [0, 0.05) is 12.2 Å². The lowest BCUT2D eigenvalue weighted by atomic mass is 10.0. The van der Waals surface area contributed by atoms with Gasteiger partial charge in [-0.3, -0.25) is 0 Å². The van der Waals surface area contributed by atoms with Gasteiger partial charge in [0.25, 0.3) is 0 Å². The van der Waals surface area contributed by atoms with E-state index in [4.69, 9.17) is 16.3 Å². The van der Waals surface area contributed by atoms with Crippen molar-refractivity contribution in [2.24, 2.45) is 0 Å². The van der Waals surface area contributed by atoms with E-state index in [1.54, 1.807) is 0 Å². The van der Waals surface area contributed by atoms with E-state index in [1.807, 2.05) is 6.07 Å². The Morgan fingerprint density at radius 1 is 1.04 bits per heavy atom. The van der Waals surface area contributed by atoms with Crippen LogP contribution in [0.3, 0.4) is 0 Å². The van der Waals surface area contributed by atoms with Crippen molar-refractivity contribution < 1.29 is 4.74 Å². The molecule has 0 atom stereocenters. The molecule has 0 N–H and O–H groups in total. The number of ether oxygens (including phenoxy) is 1. The van der Waals surface area contributed by atoms with E-state index >= 15 is 0 Å². The van der Waals surface area contributed by atoms with Gasteiger partial charge in [-0.15, -0.1) is 0 Å². The third-order valence-electron chi connectivity index (χ3n) is 4.50. The zero-order valence-electron chi connectivity index (χ0n) is 12.9. The molecule has 120 valence electrons. The zero-order chi connectivity index (χ0) is 15.6. The summed E-state index contributed by atoms with van der Waals surface area (Å²) in [7, 11) is 0. The fourth-order valence-electron chi connectivity index (χ4n) is 3.39. The predicted octanol–water partition coefficient (Wildman–Crippen LogP) is 3.93. The first kappa shape index (κ1) is 14.7. The molecule has 5 nitrogen and oxygen atoms in total. The monoisotopic (exact) mass is 330 g/mol. The molecule has 0 radical (unpaired) electrons. The van der Waals surface area contributed by atoms with Crippen molar-refractivity contribution in [2.45, 2.75) is 44.6 Å². The van der Waals surface area contributed by atoms with Crippen LogP contribution < -0.4 is 9.64 Å². The number of hydrogen-bond acceptors (Lipinski definition) is 5. The summed E-state index contributed by atoms with van der Waals surface area (Å²) >= 11 is 6.11. The summed E-state index contributed by atoms with van der Waals surface area (Å²) in [6.45, 7) is 0.875. The predicted molar refractivity (Wildman–Crippen MR) is 89.5 cm³/mol. The Morgan fingerprint density at radius 2 is 1.87 bits per heavy atom. The summed E-state index contributed by atoms with van der Waals surface area (Å²) < 4.78 is 5.90. The van der Waals surface area contributed by atoms with Gasteiger partial charge in [0.15, 0.2) is 0 Å². The van der Waals surface area contributed by atoms with Gasteiger partial charge in [-0.2, -0.15) is 15.0 Å². The van der Waals surface area contributed by atoms with Crippen LogP contribution in [0.1, 0.15) is 37.7 Å². The minimum atomic E-state index is 0.186. The van der Waals surface area contributed by atoms with Crippen molar-refractivity contribution in [1.82, 2.24) is 15.0 Å². The molecular weight excluding hydrogens is 312 g/mol. The van der Waals surface area contributed by atoms with Crippen LogP contribution in [0.2, 0.25) is 5.28 Å². The highest BCUT2D eigenvalue weighted by Gasteiger charge is 2.23. The molecule has 2 heterocycles. The summed E-state index contributed by atoms with van der Waals surface area (Å²) in [5.41, 5.74) is 2.46. The Hall–Kier alpha value is -1.88. The van der Waals surface area contributed by atoms with Crippen LogP contribution in [0.25, 0.3) is 0 Å². The van der Waals surface area contributed by atoms with E-state index in [0.717, 1.165) is 37.9 Å². The smallest absolute Gasteiger partial charge is 0.322 e. The Bertz CT molecular complexity index is 703. The third-order valence-corrected chi connectivity index (χ3v) is 4.67.